The van der Waals surface area contributed by atoms with E-state index in [2.05, 4.69) is 0 Å². The van der Waals surface area contributed by atoms with Gasteiger partial charge in [-0.25, -0.2) is 0 Å². The maximum Gasteiger partial charge on any atom is 0.313 e. The average molecular weight is 263 g/mol. The van der Waals surface area contributed by atoms with Gasteiger partial charge >= 0.3 is 5.97 Å². The number of methoxy groups -OCH3 is 2. The summed E-state index contributed by atoms with van der Waals surface area (Å²) in [5.74, 6) is 0.920. The maximum absolute atomic E-state index is 12.2. The summed E-state index contributed by atoms with van der Waals surface area (Å²) in [6.07, 6.45) is 2.66. The van der Waals surface area contributed by atoms with E-state index < -0.39 is 5.41 Å². The highest BCUT2D eigenvalue weighted by Crippen LogP contribution is 2.48. The predicted octanol–water partition coefficient (Wildman–Crippen LogP) is 1.77. The van der Waals surface area contributed by atoms with Crippen LogP contribution in [0, 0.1) is 11.3 Å². The van der Waals surface area contributed by atoms with Gasteiger partial charge in [-0.05, 0) is 36.8 Å². The molecule has 0 bridgehead atoms. The number of esters is 1. The van der Waals surface area contributed by atoms with Gasteiger partial charge in [0.15, 0.2) is 0 Å². The zero-order valence-corrected chi connectivity index (χ0v) is 11.5. The fourth-order valence-corrected chi connectivity index (χ4v) is 2.73. The molecule has 0 saturated heterocycles. The van der Waals surface area contributed by atoms with Gasteiger partial charge in [-0.15, -0.1) is 0 Å². The van der Waals surface area contributed by atoms with Crippen LogP contribution < -0.4 is 10.5 Å². The van der Waals surface area contributed by atoms with E-state index in [1.54, 1.807) is 7.11 Å². The van der Waals surface area contributed by atoms with Crippen LogP contribution in [0.15, 0.2) is 24.3 Å². The second kappa shape index (κ2) is 5.61. The van der Waals surface area contributed by atoms with Gasteiger partial charge in [-0.1, -0.05) is 18.2 Å². The van der Waals surface area contributed by atoms with Crippen molar-refractivity contribution < 1.29 is 14.3 Å². The smallest absolute Gasteiger partial charge is 0.313 e. The van der Waals surface area contributed by atoms with Gasteiger partial charge in [-0.3, -0.25) is 4.79 Å². The molecule has 0 aromatic heterocycles. The standard InChI is InChI=1S/C15H21NO3/c1-18-13-6-4-3-5-11(13)9-15(10-16,12-7-8-12)14(17)19-2/h3-6,12H,7-10,16H2,1-2H3. The van der Waals surface area contributed by atoms with Crippen molar-refractivity contribution in [3.8, 4) is 5.75 Å². The number of rotatable bonds is 6. The zero-order valence-electron chi connectivity index (χ0n) is 11.5. The molecule has 104 valence electrons. The molecular formula is C15H21NO3. The summed E-state index contributed by atoms with van der Waals surface area (Å²) < 4.78 is 10.4. The maximum atomic E-state index is 12.2. The van der Waals surface area contributed by atoms with Crippen LogP contribution in [0.1, 0.15) is 18.4 Å². The second-order valence-corrected chi connectivity index (χ2v) is 5.11. The highest BCUT2D eigenvalue weighted by atomic mass is 16.5. The Hall–Kier alpha value is -1.55. The summed E-state index contributed by atoms with van der Waals surface area (Å²) in [7, 11) is 3.07. The number of carbonyl (C=O) groups is 1. The van der Waals surface area contributed by atoms with E-state index in [4.69, 9.17) is 15.2 Å². The molecule has 1 saturated carbocycles. The van der Waals surface area contributed by atoms with Gasteiger partial charge in [-0.2, -0.15) is 0 Å². The van der Waals surface area contributed by atoms with Gasteiger partial charge in [0.2, 0.25) is 0 Å². The number of hydrogen-bond acceptors (Lipinski definition) is 4. The summed E-state index contributed by atoms with van der Waals surface area (Å²) in [6.45, 7) is 0.308. The van der Waals surface area contributed by atoms with Crippen LogP contribution in [0.2, 0.25) is 0 Å². The molecule has 4 heteroatoms. The molecule has 1 aromatic rings. The molecule has 1 fully saturated rings. The van der Waals surface area contributed by atoms with E-state index >= 15 is 0 Å². The lowest BCUT2D eigenvalue weighted by molar-refractivity contribution is -0.153. The van der Waals surface area contributed by atoms with Crippen LogP contribution in [0.5, 0.6) is 5.75 Å². The lowest BCUT2D eigenvalue weighted by atomic mass is 9.77. The van der Waals surface area contributed by atoms with Crippen molar-refractivity contribution in [2.45, 2.75) is 19.3 Å². The predicted molar refractivity (Wildman–Crippen MR) is 72.9 cm³/mol. The number of hydrogen-bond donors (Lipinski definition) is 1. The Morgan fingerprint density at radius 3 is 2.58 bits per heavy atom. The van der Waals surface area contributed by atoms with Crippen LogP contribution >= 0.6 is 0 Å². The third-order valence-corrected chi connectivity index (χ3v) is 4.01. The minimum atomic E-state index is -0.608. The first-order valence-electron chi connectivity index (χ1n) is 6.58. The largest absolute Gasteiger partial charge is 0.496 e. The van der Waals surface area contributed by atoms with E-state index in [1.807, 2.05) is 24.3 Å². The highest BCUT2D eigenvalue weighted by Gasteiger charge is 2.51. The summed E-state index contributed by atoms with van der Waals surface area (Å²) in [5, 5.41) is 0. The average Bonchev–Trinajstić information content (AvgIpc) is 3.29. The van der Waals surface area contributed by atoms with E-state index in [0.717, 1.165) is 24.2 Å². The van der Waals surface area contributed by atoms with Crippen LogP contribution in [-0.4, -0.2) is 26.7 Å². The first kappa shape index (κ1) is 13.9. The van der Waals surface area contributed by atoms with Crippen molar-refractivity contribution >= 4 is 5.97 Å². The Bertz CT molecular complexity index is 456. The quantitative estimate of drug-likeness (QED) is 0.794. The molecule has 1 aliphatic carbocycles. The van der Waals surface area contributed by atoms with Gasteiger partial charge in [0.1, 0.15) is 5.75 Å². The second-order valence-electron chi connectivity index (χ2n) is 5.11. The first-order chi connectivity index (χ1) is 9.17. The number of ether oxygens (including phenoxy) is 2. The third kappa shape index (κ3) is 2.59. The Morgan fingerprint density at radius 2 is 2.05 bits per heavy atom. The third-order valence-electron chi connectivity index (χ3n) is 4.01. The van der Waals surface area contributed by atoms with Crippen LogP contribution in [-0.2, 0) is 16.0 Å². The fraction of sp³-hybridized carbons (Fsp3) is 0.533. The van der Waals surface area contributed by atoms with Gasteiger partial charge < -0.3 is 15.2 Å². The number of nitrogens with two attached hydrogens (primary N) is 1. The molecule has 0 spiro atoms. The molecule has 1 atom stereocenters. The minimum Gasteiger partial charge on any atom is -0.496 e. The molecule has 2 N–H and O–H groups in total. The van der Waals surface area contributed by atoms with E-state index in [0.29, 0.717) is 18.9 Å². The fourth-order valence-electron chi connectivity index (χ4n) is 2.73. The topological polar surface area (TPSA) is 61.5 Å². The van der Waals surface area contributed by atoms with Crippen molar-refractivity contribution in [3.05, 3.63) is 29.8 Å². The summed E-state index contributed by atoms with van der Waals surface area (Å²) in [6, 6.07) is 7.75. The summed E-state index contributed by atoms with van der Waals surface area (Å²) >= 11 is 0. The molecule has 19 heavy (non-hydrogen) atoms. The van der Waals surface area contributed by atoms with E-state index in [-0.39, 0.29) is 5.97 Å². The Kier molecular flexibility index (Phi) is 4.10. The molecule has 1 unspecified atom stereocenters. The van der Waals surface area contributed by atoms with E-state index in [1.165, 1.54) is 7.11 Å². The van der Waals surface area contributed by atoms with E-state index in [9.17, 15) is 4.79 Å². The Morgan fingerprint density at radius 1 is 1.37 bits per heavy atom. The van der Waals surface area contributed by atoms with Gasteiger partial charge in [0, 0.05) is 6.54 Å². The summed E-state index contributed by atoms with van der Waals surface area (Å²) in [4.78, 5) is 12.2. The normalized spacial score (nSPS) is 17.6. The minimum absolute atomic E-state index is 0.205. The van der Waals surface area contributed by atoms with Crippen molar-refractivity contribution in [2.24, 2.45) is 17.1 Å². The SMILES string of the molecule is COC(=O)C(CN)(Cc1ccccc1OC)C1CC1. The van der Waals surface area contributed by atoms with Gasteiger partial charge in [0.05, 0.1) is 19.6 Å². The van der Waals surface area contributed by atoms with Crippen LogP contribution in [0.25, 0.3) is 0 Å². The van der Waals surface area contributed by atoms with Gasteiger partial charge in [0.25, 0.3) is 0 Å². The molecule has 4 nitrogen and oxygen atoms in total. The lowest BCUT2D eigenvalue weighted by Crippen LogP contribution is -2.43. The van der Waals surface area contributed by atoms with Crippen molar-refractivity contribution in [3.63, 3.8) is 0 Å². The zero-order chi connectivity index (χ0) is 13.9. The summed E-state index contributed by atoms with van der Waals surface area (Å²) in [5.41, 5.74) is 6.32. The van der Waals surface area contributed by atoms with Crippen molar-refractivity contribution in [2.75, 3.05) is 20.8 Å². The van der Waals surface area contributed by atoms with Crippen molar-refractivity contribution in [1.29, 1.82) is 0 Å². The van der Waals surface area contributed by atoms with Crippen LogP contribution in [0.4, 0.5) is 0 Å². The van der Waals surface area contributed by atoms with Crippen molar-refractivity contribution in [1.82, 2.24) is 0 Å². The number of carbonyl (C=O) groups excluding carboxylic acids is 1. The van der Waals surface area contributed by atoms with Crippen LogP contribution in [0.3, 0.4) is 0 Å². The molecule has 0 aliphatic heterocycles. The monoisotopic (exact) mass is 263 g/mol. The molecule has 1 aliphatic rings. The molecule has 2 rings (SSSR count). The molecule has 0 amide bonds. The molecular weight excluding hydrogens is 242 g/mol. The Balaban J connectivity index is 2.32. The Labute approximate surface area is 113 Å². The first-order valence-corrected chi connectivity index (χ1v) is 6.58. The number of para-hydroxylation sites is 1. The molecule has 0 radical (unpaired) electrons. The number of benzene rings is 1. The highest BCUT2D eigenvalue weighted by molar-refractivity contribution is 5.78. The molecule has 1 aromatic carbocycles. The molecule has 0 heterocycles. The lowest BCUT2D eigenvalue weighted by Gasteiger charge is -2.30.